The van der Waals surface area contributed by atoms with Crippen molar-refractivity contribution in [2.75, 3.05) is 0 Å². The van der Waals surface area contributed by atoms with E-state index >= 15 is 0 Å². The van der Waals surface area contributed by atoms with Crippen molar-refractivity contribution < 1.29 is 38.1 Å². The minimum absolute atomic E-state index is 0.0661. The van der Waals surface area contributed by atoms with Crippen LogP contribution in [0, 0.1) is 5.41 Å². The van der Waals surface area contributed by atoms with Gasteiger partial charge in [0.25, 0.3) is 3.79 Å². The van der Waals surface area contributed by atoms with E-state index in [9.17, 15) is 14.4 Å². The van der Waals surface area contributed by atoms with Crippen molar-refractivity contribution in [2.45, 2.75) is 101 Å². The van der Waals surface area contributed by atoms with Gasteiger partial charge in [-0.2, -0.15) is 0 Å². The SMILES string of the molecule is CCCC(=O)O[C@@H]1[C@@H](OC(=O)CCC)[C@@H](OC(=O)CCC)C(OC(=N)C(Cl)(Cl)Cl)O[C@H]1C. The quantitative estimate of drug-likeness (QED) is 0.150. The molecule has 0 aliphatic carbocycles. The van der Waals surface area contributed by atoms with Crippen molar-refractivity contribution in [3.63, 3.8) is 0 Å². The summed E-state index contributed by atoms with van der Waals surface area (Å²) in [4.78, 5) is 36.8. The van der Waals surface area contributed by atoms with E-state index in [2.05, 4.69) is 0 Å². The standard InChI is InChI=1S/C20H30Cl3NO8/c1-5-8-12(25)29-15-11(4)28-18(32-19(24)20(21,22)23)17(31-14(27)10-7-3)16(15)30-13(26)9-6-2/h11,15-18,24H,5-10H2,1-4H3/t11-,15-,16+,17+,18?/m0/s1. The molecule has 0 aromatic heterocycles. The lowest BCUT2D eigenvalue weighted by molar-refractivity contribution is -0.285. The van der Waals surface area contributed by atoms with Crippen LogP contribution < -0.4 is 0 Å². The predicted octanol–water partition coefficient (Wildman–Crippen LogP) is 4.23. The highest BCUT2D eigenvalue weighted by molar-refractivity contribution is 6.76. The number of hydrogen-bond donors (Lipinski definition) is 1. The summed E-state index contributed by atoms with van der Waals surface area (Å²) in [6, 6.07) is 0. The third-order valence-electron chi connectivity index (χ3n) is 4.38. The summed E-state index contributed by atoms with van der Waals surface area (Å²) in [6.07, 6.45) is -4.19. The second-order valence-corrected chi connectivity index (χ2v) is 9.55. The van der Waals surface area contributed by atoms with E-state index in [0.717, 1.165) is 0 Å². The first-order valence-corrected chi connectivity index (χ1v) is 11.6. The van der Waals surface area contributed by atoms with E-state index in [1.807, 2.05) is 6.92 Å². The van der Waals surface area contributed by atoms with Crippen LogP contribution in [0.1, 0.15) is 66.2 Å². The fourth-order valence-electron chi connectivity index (χ4n) is 2.92. The van der Waals surface area contributed by atoms with Gasteiger partial charge in [0.05, 0.1) is 6.10 Å². The average Bonchev–Trinajstić information content (AvgIpc) is 2.67. The number of esters is 3. The topological polar surface area (TPSA) is 121 Å². The number of halogens is 3. The highest BCUT2D eigenvalue weighted by atomic mass is 35.6. The fraction of sp³-hybridized carbons (Fsp3) is 0.800. The molecule has 0 aromatic carbocycles. The van der Waals surface area contributed by atoms with Gasteiger partial charge in [-0.25, -0.2) is 0 Å². The maximum absolute atomic E-state index is 12.3. The van der Waals surface area contributed by atoms with E-state index in [4.69, 9.17) is 63.9 Å². The summed E-state index contributed by atoms with van der Waals surface area (Å²) in [5.74, 6) is -2.53. The Morgan fingerprint density at radius 3 is 1.59 bits per heavy atom. The van der Waals surface area contributed by atoms with Crippen LogP contribution in [0.15, 0.2) is 0 Å². The van der Waals surface area contributed by atoms with Crippen molar-refractivity contribution >= 4 is 58.6 Å². The Bertz CT molecular complexity index is 670. The first kappa shape index (κ1) is 28.7. The summed E-state index contributed by atoms with van der Waals surface area (Å²) in [6.45, 7) is 6.94. The molecule has 184 valence electrons. The number of carbonyl (C=O) groups is 3. The van der Waals surface area contributed by atoms with Gasteiger partial charge in [-0.3, -0.25) is 19.8 Å². The molecular formula is C20H30Cl3NO8. The van der Waals surface area contributed by atoms with Crippen LogP contribution in [0.25, 0.3) is 0 Å². The third-order valence-corrected chi connectivity index (χ3v) is 4.90. The van der Waals surface area contributed by atoms with Gasteiger partial charge < -0.3 is 23.7 Å². The Morgan fingerprint density at radius 2 is 1.19 bits per heavy atom. The lowest BCUT2D eigenvalue weighted by Crippen LogP contribution is -2.62. The Balaban J connectivity index is 3.31. The van der Waals surface area contributed by atoms with Gasteiger partial charge in [-0.15, -0.1) is 0 Å². The second-order valence-electron chi connectivity index (χ2n) is 7.27. The third kappa shape index (κ3) is 8.92. The van der Waals surface area contributed by atoms with Crippen LogP contribution >= 0.6 is 34.8 Å². The molecule has 0 spiro atoms. The molecular weight excluding hydrogens is 489 g/mol. The number of carbonyl (C=O) groups excluding carboxylic acids is 3. The normalized spacial score (nSPS) is 25.5. The Kier molecular flexibility index (Phi) is 12.1. The molecule has 9 nitrogen and oxygen atoms in total. The zero-order valence-electron chi connectivity index (χ0n) is 18.5. The summed E-state index contributed by atoms with van der Waals surface area (Å²) < 4.78 is 25.4. The number of alkyl halides is 3. The van der Waals surface area contributed by atoms with E-state index in [1.165, 1.54) is 0 Å². The molecule has 1 aliphatic rings. The van der Waals surface area contributed by atoms with E-state index < -0.39 is 58.3 Å². The molecule has 0 amide bonds. The first-order chi connectivity index (χ1) is 14.9. The number of rotatable bonds is 10. The van der Waals surface area contributed by atoms with Crippen LogP contribution in [0.2, 0.25) is 0 Å². The summed E-state index contributed by atoms with van der Waals surface area (Å²) >= 11 is 17.1. The van der Waals surface area contributed by atoms with Gasteiger partial charge in [0.1, 0.15) is 0 Å². The molecule has 1 fully saturated rings. The zero-order chi connectivity index (χ0) is 24.5. The molecule has 1 N–H and O–H groups in total. The zero-order valence-corrected chi connectivity index (χ0v) is 20.8. The summed E-state index contributed by atoms with van der Waals surface area (Å²) in [5, 5.41) is 7.86. The Labute approximate surface area is 202 Å². The number of hydrogen-bond acceptors (Lipinski definition) is 9. The van der Waals surface area contributed by atoms with Crippen LogP contribution in [0.5, 0.6) is 0 Å². The van der Waals surface area contributed by atoms with Gasteiger partial charge in [0.2, 0.25) is 18.3 Å². The van der Waals surface area contributed by atoms with Crippen LogP contribution in [-0.4, -0.2) is 58.3 Å². The predicted molar refractivity (Wildman–Crippen MR) is 118 cm³/mol. The molecule has 12 heteroatoms. The minimum atomic E-state index is -2.20. The highest BCUT2D eigenvalue weighted by Crippen LogP contribution is 2.33. The molecule has 0 aromatic rings. The number of ether oxygens (including phenoxy) is 5. The van der Waals surface area contributed by atoms with E-state index in [-0.39, 0.29) is 19.3 Å². The van der Waals surface area contributed by atoms with Gasteiger partial charge in [0, 0.05) is 19.3 Å². The van der Waals surface area contributed by atoms with Crippen LogP contribution in [0.4, 0.5) is 0 Å². The van der Waals surface area contributed by atoms with Gasteiger partial charge in [0.15, 0.2) is 12.2 Å². The molecule has 5 atom stereocenters. The molecule has 1 rings (SSSR count). The smallest absolute Gasteiger partial charge is 0.306 e. The van der Waals surface area contributed by atoms with Gasteiger partial charge >= 0.3 is 17.9 Å². The fourth-order valence-corrected chi connectivity index (χ4v) is 3.05. The largest absolute Gasteiger partial charge is 0.455 e. The monoisotopic (exact) mass is 517 g/mol. The summed E-state index contributed by atoms with van der Waals surface area (Å²) in [5.41, 5.74) is 0. The van der Waals surface area contributed by atoms with Crippen LogP contribution in [-0.2, 0) is 38.1 Å². The Hall–Kier alpha value is -1.29. The lowest BCUT2D eigenvalue weighted by Gasteiger charge is -2.43. The van der Waals surface area contributed by atoms with Gasteiger partial charge in [-0.05, 0) is 26.2 Å². The molecule has 1 aliphatic heterocycles. The number of nitrogens with one attached hydrogen (secondary N) is 1. The van der Waals surface area contributed by atoms with Crippen molar-refractivity contribution in [3.8, 4) is 0 Å². The first-order valence-electron chi connectivity index (χ1n) is 10.5. The molecule has 1 heterocycles. The lowest BCUT2D eigenvalue weighted by atomic mass is 9.98. The van der Waals surface area contributed by atoms with Crippen molar-refractivity contribution in [3.05, 3.63) is 0 Å². The average molecular weight is 519 g/mol. The molecule has 0 bridgehead atoms. The van der Waals surface area contributed by atoms with E-state index in [1.54, 1.807) is 20.8 Å². The van der Waals surface area contributed by atoms with E-state index in [0.29, 0.717) is 19.3 Å². The molecule has 1 unspecified atom stereocenters. The summed E-state index contributed by atoms with van der Waals surface area (Å²) in [7, 11) is 0. The molecule has 0 saturated carbocycles. The van der Waals surface area contributed by atoms with Crippen molar-refractivity contribution in [2.24, 2.45) is 0 Å². The van der Waals surface area contributed by atoms with Crippen molar-refractivity contribution in [1.82, 2.24) is 0 Å². The maximum atomic E-state index is 12.3. The van der Waals surface area contributed by atoms with Crippen molar-refractivity contribution in [1.29, 1.82) is 5.41 Å². The second kappa shape index (κ2) is 13.4. The molecule has 32 heavy (non-hydrogen) atoms. The highest BCUT2D eigenvalue weighted by Gasteiger charge is 2.53. The van der Waals surface area contributed by atoms with Crippen LogP contribution in [0.3, 0.4) is 0 Å². The maximum Gasteiger partial charge on any atom is 0.306 e. The Morgan fingerprint density at radius 1 is 0.781 bits per heavy atom. The molecule has 1 saturated heterocycles. The minimum Gasteiger partial charge on any atom is -0.455 e. The van der Waals surface area contributed by atoms with Gasteiger partial charge in [-0.1, -0.05) is 55.6 Å². The molecule has 0 radical (unpaired) electrons.